The fourth-order valence-corrected chi connectivity index (χ4v) is 1.57. The van der Waals surface area contributed by atoms with Crippen molar-refractivity contribution in [2.24, 2.45) is 0 Å². The maximum Gasteiger partial charge on any atom is 0.348 e. The zero-order chi connectivity index (χ0) is 9.26. The van der Waals surface area contributed by atoms with E-state index in [4.69, 9.17) is 5.73 Å². The molecule has 5 nitrogen and oxygen atoms in total. The van der Waals surface area contributed by atoms with E-state index in [2.05, 4.69) is 14.9 Å². The molecule has 3 N–H and O–H groups in total. The molecule has 5 heteroatoms. The Balaban J connectivity index is 2.33. The summed E-state index contributed by atoms with van der Waals surface area (Å²) in [4.78, 5) is 19.3. The maximum absolute atomic E-state index is 11.0. The molecule has 0 saturated carbocycles. The number of aromatic nitrogens is 2. The van der Waals surface area contributed by atoms with Crippen LogP contribution in [0.2, 0.25) is 0 Å². The first-order valence-electron chi connectivity index (χ1n) is 4.37. The standard InChI is InChI=1S/C8H12N4O/c9-6-5-7(11-8(13)10-6)12-3-1-2-4-12/h5H,1-4H2,(H3,9,10,11,13). The normalized spacial score (nSPS) is 16.5. The first-order chi connectivity index (χ1) is 6.25. The van der Waals surface area contributed by atoms with Crippen molar-refractivity contribution >= 4 is 11.6 Å². The van der Waals surface area contributed by atoms with Gasteiger partial charge in [-0.3, -0.25) is 4.98 Å². The molecule has 0 spiro atoms. The van der Waals surface area contributed by atoms with Gasteiger partial charge < -0.3 is 10.6 Å². The lowest BCUT2D eigenvalue weighted by Gasteiger charge is -2.15. The summed E-state index contributed by atoms with van der Waals surface area (Å²) in [6, 6.07) is 1.70. The van der Waals surface area contributed by atoms with Gasteiger partial charge in [0.1, 0.15) is 11.6 Å². The van der Waals surface area contributed by atoms with Crippen LogP contribution in [-0.4, -0.2) is 23.1 Å². The van der Waals surface area contributed by atoms with Crippen LogP contribution in [0.4, 0.5) is 11.6 Å². The van der Waals surface area contributed by atoms with Gasteiger partial charge in [0.2, 0.25) is 0 Å². The highest BCUT2D eigenvalue weighted by atomic mass is 16.1. The Kier molecular flexibility index (Phi) is 1.92. The molecule has 1 saturated heterocycles. The van der Waals surface area contributed by atoms with Crippen LogP contribution in [0.1, 0.15) is 12.8 Å². The van der Waals surface area contributed by atoms with Crippen LogP contribution in [0, 0.1) is 0 Å². The van der Waals surface area contributed by atoms with Crippen LogP contribution in [-0.2, 0) is 0 Å². The van der Waals surface area contributed by atoms with Gasteiger partial charge in [-0.25, -0.2) is 4.79 Å². The molecule has 2 heterocycles. The predicted molar refractivity (Wildman–Crippen MR) is 50.7 cm³/mol. The summed E-state index contributed by atoms with van der Waals surface area (Å²) in [7, 11) is 0. The smallest absolute Gasteiger partial charge is 0.348 e. The Hall–Kier alpha value is -1.52. The van der Waals surface area contributed by atoms with Crippen LogP contribution in [0.25, 0.3) is 0 Å². The zero-order valence-corrected chi connectivity index (χ0v) is 7.29. The molecule has 1 aliphatic heterocycles. The number of nitrogens with zero attached hydrogens (tertiary/aromatic N) is 2. The van der Waals surface area contributed by atoms with Crippen molar-refractivity contribution in [2.75, 3.05) is 23.7 Å². The van der Waals surface area contributed by atoms with Crippen molar-refractivity contribution in [3.8, 4) is 0 Å². The molecule has 70 valence electrons. The minimum atomic E-state index is -0.373. The van der Waals surface area contributed by atoms with Gasteiger partial charge in [0, 0.05) is 19.2 Å². The van der Waals surface area contributed by atoms with E-state index in [1.54, 1.807) is 6.07 Å². The van der Waals surface area contributed by atoms with E-state index in [1.165, 1.54) is 0 Å². The van der Waals surface area contributed by atoms with Gasteiger partial charge in [0.25, 0.3) is 0 Å². The highest BCUT2D eigenvalue weighted by Gasteiger charge is 2.13. The number of rotatable bonds is 1. The SMILES string of the molecule is Nc1cc(N2CCCC2)nc(=O)[nH]1. The molecule has 1 aromatic heterocycles. The Labute approximate surface area is 75.6 Å². The third-order valence-corrected chi connectivity index (χ3v) is 2.18. The third-order valence-electron chi connectivity index (χ3n) is 2.18. The Morgan fingerprint density at radius 1 is 1.46 bits per heavy atom. The molecule has 13 heavy (non-hydrogen) atoms. The molecule has 0 aromatic carbocycles. The van der Waals surface area contributed by atoms with Crippen molar-refractivity contribution in [3.63, 3.8) is 0 Å². The quantitative estimate of drug-likeness (QED) is 0.635. The zero-order valence-electron chi connectivity index (χ0n) is 7.29. The number of aromatic amines is 1. The van der Waals surface area contributed by atoms with Crippen LogP contribution < -0.4 is 16.3 Å². The van der Waals surface area contributed by atoms with Gasteiger partial charge in [-0.15, -0.1) is 0 Å². The van der Waals surface area contributed by atoms with Crippen molar-refractivity contribution in [3.05, 3.63) is 16.6 Å². The summed E-state index contributed by atoms with van der Waals surface area (Å²) in [5, 5.41) is 0. The Bertz CT molecular complexity index is 353. The molecule has 0 bridgehead atoms. The number of hydrogen-bond donors (Lipinski definition) is 2. The highest BCUT2D eigenvalue weighted by molar-refractivity contribution is 5.46. The van der Waals surface area contributed by atoms with Gasteiger partial charge in [-0.05, 0) is 12.8 Å². The molecule has 0 amide bonds. The average Bonchev–Trinajstić information content (AvgIpc) is 2.53. The van der Waals surface area contributed by atoms with Crippen LogP contribution in [0.3, 0.4) is 0 Å². The van der Waals surface area contributed by atoms with E-state index in [0.717, 1.165) is 25.9 Å². The van der Waals surface area contributed by atoms with Crippen molar-refractivity contribution < 1.29 is 0 Å². The van der Waals surface area contributed by atoms with Crippen molar-refractivity contribution in [2.45, 2.75) is 12.8 Å². The van der Waals surface area contributed by atoms with E-state index >= 15 is 0 Å². The number of H-pyrrole nitrogens is 1. The molecular weight excluding hydrogens is 168 g/mol. The summed E-state index contributed by atoms with van der Waals surface area (Å²) in [5.41, 5.74) is 5.13. The number of nitrogens with two attached hydrogens (primary N) is 1. The van der Waals surface area contributed by atoms with E-state index in [1.807, 2.05) is 0 Å². The van der Waals surface area contributed by atoms with E-state index in [-0.39, 0.29) is 5.69 Å². The molecule has 2 rings (SSSR count). The number of nitrogens with one attached hydrogen (secondary N) is 1. The molecule has 0 aliphatic carbocycles. The molecule has 0 radical (unpaired) electrons. The first-order valence-corrected chi connectivity index (χ1v) is 4.37. The number of anilines is 2. The lowest BCUT2D eigenvalue weighted by atomic mass is 10.4. The second-order valence-corrected chi connectivity index (χ2v) is 3.19. The van der Waals surface area contributed by atoms with Crippen LogP contribution in [0.5, 0.6) is 0 Å². The highest BCUT2D eigenvalue weighted by Crippen LogP contribution is 2.16. The molecular formula is C8H12N4O. The van der Waals surface area contributed by atoms with Crippen molar-refractivity contribution in [1.29, 1.82) is 0 Å². The minimum Gasteiger partial charge on any atom is -0.385 e. The number of hydrogen-bond acceptors (Lipinski definition) is 4. The second kappa shape index (κ2) is 3.08. The van der Waals surface area contributed by atoms with Gasteiger partial charge in [-0.2, -0.15) is 4.98 Å². The van der Waals surface area contributed by atoms with Crippen LogP contribution >= 0.6 is 0 Å². The topological polar surface area (TPSA) is 75.0 Å². The average molecular weight is 180 g/mol. The van der Waals surface area contributed by atoms with E-state index < -0.39 is 0 Å². The molecule has 0 atom stereocenters. The summed E-state index contributed by atoms with van der Waals surface area (Å²) in [6.45, 7) is 1.94. The Morgan fingerprint density at radius 3 is 2.77 bits per heavy atom. The fourth-order valence-electron chi connectivity index (χ4n) is 1.57. The summed E-state index contributed by atoms with van der Waals surface area (Å²) in [5.74, 6) is 1.07. The molecule has 1 aliphatic rings. The Morgan fingerprint density at radius 2 is 2.15 bits per heavy atom. The molecule has 1 aromatic rings. The second-order valence-electron chi connectivity index (χ2n) is 3.19. The minimum absolute atomic E-state index is 0.373. The van der Waals surface area contributed by atoms with E-state index in [0.29, 0.717) is 11.6 Å². The van der Waals surface area contributed by atoms with Gasteiger partial charge in [0.05, 0.1) is 0 Å². The first kappa shape index (κ1) is 8.10. The van der Waals surface area contributed by atoms with Crippen molar-refractivity contribution in [1.82, 2.24) is 9.97 Å². The fraction of sp³-hybridized carbons (Fsp3) is 0.500. The molecule has 1 fully saturated rings. The lowest BCUT2D eigenvalue weighted by Crippen LogP contribution is -2.23. The van der Waals surface area contributed by atoms with Gasteiger partial charge in [0.15, 0.2) is 0 Å². The largest absolute Gasteiger partial charge is 0.385 e. The number of nitrogen functional groups attached to an aromatic ring is 1. The maximum atomic E-state index is 11.0. The monoisotopic (exact) mass is 180 g/mol. The lowest BCUT2D eigenvalue weighted by molar-refractivity contribution is 0.915. The summed E-state index contributed by atoms with van der Waals surface area (Å²) >= 11 is 0. The van der Waals surface area contributed by atoms with Gasteiger partial charge in [-0.1, -0.05) is 0 Å². The summed E-state index contributed by atoms with van der Waals surface area (Å²) in [6.07, 6.45) is 2.32. The summed E-state index contributed by atoms with van der Waals surface area (Å²) < 4.78 is 0. The molecule has 0 unspecified atom stereocenters. The van der Waals surface area contributed by atoms with Gasteiger partial charge >= 0.3 is 5.69 Å². The van der Waals surface area contributed by atoms with E-state index in [9.17, 15) is 4.79 Å². The van der Waals surface area contributed by atoms with Crippen LogP contribution in [0.15, 0.2) is 10.9 Å². The third kappa shape index (κ3) is 1.63. The predicted octanol–water partition coefficient (Wildman–Crippen LogP) is -0.0477.